The first-order valence-corrected chi connectivity index (χ1v) is 9.97. The molecule has 0 aliphatic carbocycles. The summed E-state index contributed by atoms with van der Waals surface area (Å²) in [6, 6.07) is 19.5. The van der Waals surface area contributed by atoms with E-state index in [1.807, 2.05) is 0 Å². The van der Waals surface area contributed by atoms with Crippen LogP contribution < -0.4 is 10.9 Å². The number of pyridine rings is 1. The maximum atomic E-state index is 13.3. The largest absolute Gasteiger partial charge is 0.416 e. The van der Waals surface area contributed by atoms with Gasteiger partial charge in [-0.05, 0) is 53.4 Å². The molecule has 162 valence electrons. The minimum atomic E-state index is -4.57. The van der Waals surface area contributed by atoms with Crippen molar-refractivity contribution in [3.05, 3.63) is 111 Å². The molecule has 0 unspecified atom stereocenters. The third kappa shape index (κ3) is 4.38. The van der Waals surface area contributed by atoms with Gasteiger partial charge in [0.25, 0.3) is 11.5 Å². The van der Waals surface area contributed by atoms with Crippen molar-refractivity contribution in [2.75, 3.05) is 0 Å². The molecule has 4 rings (SSSR count). The number of benzene rings is 3. The number of alkyl halides is 3. The topological polar surface area (TPSA) is 51.1 Å². The van der Waals surface area contributed by atoms with Gasteiger partial charge in [0.1, 0.15) is 5.56 Å². The van der Waals surface area contributed by atoms with Gasteiger partial charge in [0, 0.05) is 17.3 Å². The molecule has 0 aliphatic rings. The summed E-state index contributed by atoms with van der Waals surface area (Å²) in [5.41, 5.74) is -0.630. The number of fused-ring (bicyclic) bond motifs is 1. The number of aromatic nitrogens is 1. The summed E-state index contributed by atoms with van der Waals surface area (Å²) in [5.74, 6) is -0.638. The van der Waals surface area contributed by atoms with Gasteiger partial charge in [0.2, 0.25) is 0 Å². The summed E-state index contributed by atoms with van der Waals surface area (Å²) < 4.78 is 40.8. The van der Waals surface area contributed by atoms with Crippen LogP contribution in [0.4, 0.5) is 13.2 Å². The number of carbonyl (C=O) groups is 1. The Morgan fingerprint density at radius 1 is 0.938 bits per heavy atom. The Hall–Kier alpha value is -3.58. The van der Waals surface area contributed by atoms with E-state index < -0.39 is 23.2 Å². The van der Waals surface area contributed by atoms with Crippen LogP contribution in [0.1, 0.15) is 21.5 Å². The highest BCUT2D eigenvalue weighted by Crippen LogP contribution is 2.30. The summed E-state index contributed by atoms with van der Waals surface area (Å²) >= 11 is 5.96. The second kappa shape index (κ2) is 8.51. The molecule has 8 heteroatoms. The van der Waals surface area contributed by atoms with Gasteiger partial charge in [-0.25, -0.2) is 0 Å². The fraction of sp³-hybridized carbons (Fsp3) is 0.0833. The number of halogens is 4. The smallest absolute Gasteiger partial charge is 0.348 e. The summed E-state index contributed by atoms with van der Waals surface area (Å²) in [6.07, 6.45) is -4.57. The van der Waals surface area contributed by atoms with Gasteiger partial charge in [-0.3, -0.25) is 14.2 Å². The third-order valence-corrected chi connectivity index (χ3v) is 5.16. The molecule has 0 spiro atoms. The molecule has 1 aromatic heterocycles. The molecule has 0 bridgehead atoms. The molecule has 32 heavy (non-hydrogen) atoms. The second-order valence-electron chi connectivity index (χ2n) is 7.12. The summed E-state index contributed by atoms with van der Waals surface area (Å²) in [5, 5.41) is 3.72. The predicted octanol–water partition coefficient (Wildman–Crippen LogP) is 5.59. The summed E-state index contributed by atoms with van der Waals surface area (Å²) in [6.45, 7) is 0.134. The fourth-order valence-corrected chi connectivity index (χ4v) is 3.64. The van der Waals surface area contributed by atoms with Crippen molar-refractivity contribution in [3.63, 3.8) is 0 Å². The van der Waals surface area contributed by atoms with Gasteiger partial charge in [0.05, 0.1) is 11.1 Å². The van der Waals surface area contributed by atoms with Crippen LogP contribution in [-0.2, 0) is 12.7 Å². The van der Waals surface area contributed by atoms with E-state index in [9.17, 15) is 22.8 Å². The van der Waals surface area contributed by atoms with Gasteiger partial charge in [0.15, 0.2) is 0 Å². The van der Waals surface area contributed by atoms with E-state index in [1.54, 1.807) is 48.5 Å². The number of nitrogens with one attached hydrogen (secondary N) is 1. The van der Waals surface area contributed by atoms with E-state index in [0.29, 0.717) is 15.9 Å². The standard InChI is InChI=1S/C24H16ClF3N2O2/c25-18-8-3-5-15(11-18)14-29-22(31)20-12-16-6-1-2-10-21(16)30(23(20)32)19-9-4-7-17(13-19)24(26,27)28/h1-13H,14H2,(H,29,31). The average Bonchev–Trinajstić information content (AvgIpc) is 2.76. The normalized spacial score (nSPS) is 11.5. The Labute approximate surface area is 185 Å². The molecule has 1 heterocycles. The monoisotopic (exact) mass is 456 g/mol. The first-order valence-electron chi connectivity index (χ1n) is 9.59. The first-order chi connectivity index (χ1) is 15.2. The molecule has 0 fully saturated rings. The predicted molar refractivity (Wildman–Crippen MR) is 117 cm³/mol. The van der Waals surface area contributed by atoms with Crippen LogP contribution in [0.5, 0.6) is 0 Å². The van der Waals surface area contributed by atoms with Gasteiger partial charge in [-0.1, -0.05) is 48.0 Å². The lowest BCUT2D eigenvalue weighted by Gasteiger charge is -2.15. The van der Waals surface area contributed by atoms with Crippen molar-refractivity contribution in [2.45, 2.75) is 12.7 Å². The molecule has 4 aromatic rings. The number of hydrogen-bond acceptors (Lipinski definition) is 2. The number of rotatable bonds is 4. The van der Waals surface area contributed by atoms with E-state index in [0.717, 1.165) is 22.3 Å². The Kier molecular flexibility index (Phi) is 5.76. The van der Waals surface area contributed by atoms with E-state index >= 15 is 0 Å². The van der Waals surface area contributed by atoms with Crippen molar-refractivity contribution < 1.29 is 18.0 Å². The van der Waals surface area contributed by atoms with Crippen molar-refractivity contribution in [2.24, 2.45) is 0 Å². The molecular formula is C24H16ClF3N2O2. The van der Waals surface area contributed by atoms with Gasteiger partial charge in [-0.15, -0.1) is 0 Å². The van der Waals surface area contributed by atoms with E-state index in [1.165, 1.54) is 18.2 Å². The zero-order valence-corrected chi connectivity index (χ0v) is 17.2. The Morgan fingerprint density at radius 3 is 2.44 bits per heavy atom. The van der Waals surface area contributed by atoms with Gasteiger partial charge in [-0.2, -0.15) is 13.2 Å². The maximum Gasteiger partial charge on any atom is 0.416 e. The molecule has 0 saturated heterocycles. The molecular weight excluding hydrogens is 441 g/mol. The van der Waals surface area contributed by atoms with Crippen LogP contribution in [0.25, 0.3) is 16.6 Å². The van der Waals surface area contributed by atoms with Crippen molar-refractivity contribution in [3.8, 4) is 5.69 Å². The quantitative estimate of drug-likeness (QED) is 0.435. The lowest BCUT2D eigenvalue weighted by atomic mass is 10.1. The number of amides is 1. The molecule has 0 radical (unpaired) electrons. The highest BCUT2D eigenvalue weighted by molar-refractivity contribution is 6.30. The lowest BCUT2D eigenvalue weighted by molar-refractivity contribution is -0.137. The van der Waals surface area contributed by atoms with E-state index in [4.69, 9.17) is 11.6 Å². The minimum Gasteiger partial charge on any atom is -0.348 e. The number of hydrogen-bond donors (Lipinski definition) is 1. The van der Waals surface area contributed by atoms with E-state index in [-0.39, 0.29) is 17.8 Å². The summed E-state index contributed by atoms with van der Waals surface area (Å²) in [4.78, 5) is 26.1. The van der Waals surface area contributed by atoms with Gasteiger partial charge >= 0.3 is 6.18 Å². The van der Waals surface area contributed by atoms with E-state index in [2.05, 4.69) is 5.32 Å². The molecule has 0 aliphatic heterocycles. The number of carbonyl (C=O) groups excluding carboxylic acids is 1. The third-order valence-electron chi connectivity index (χ3n) is 4.93. The van der Waals surface area contributed by atoms with Crippen molar-refractivity contribution in [1.29, 1.82) is 0 Å². The molecule has 1 amide bonds. The zero-order valence-electron chi connectivity index (χ0n) is 16.5. The highest BCUT2D eigenvalue weighted by atomic mass is 35.5. The molecule has 4 nitrogen and oxygen atoms in total. The molecule has 3 aromatic carbocycles. The average molecular weight is 457 g/mol. The van der Waals surface area contributed by atoms with Crippen LogP contribution in [0.15, 0.2) is 83.7 Å². The SMILES string of the molecule is O=C(NCc1cccc(Cl)c1)c1cc2ccccc2n(-c2cccc(C(F)(F)F)c2)c1=O. The number of para-hydroxylation sites is 1. The number of nitrogens with zero attached hydrogens (tertiary/aromatic N) is 1. The highest BCUT2D eigenvalue weighted by Gasteiger charge is 2.30. The van der Waals surface area contributed by atoms with Crippen LogP contribution in [-0.4, -0.2) is 10.5 Å². The zero-order chi connectivity index (χ0) is 22.9. The summed E-state index contributed by atoms with van der Waals surface area (Å²) in [7, 11) is 0. The lowest BCUT2D eigenvalue weighted by Crippen LogP contribution is -2.32. The van der Waals surface area contributed by atoms with Crippen LogP contribution >= 0.6 is 11.6 Å². The van der Waals surface area contributed by atoms with Crippen LogP contribution in [0, 0.1) is 0 Å². The second-order valence-corrected chi connectivity index (χ2v) is 7.55. The Balaban J connectivity index is 1.80. The van der Waals surface area contributed by atoms with Crippen molar-refractivity contribution >= 4 is 28.4 Å². The Bertz CT molecular complexity index is 1380. The minimum absolute atomic E-state index is 0.0190. The van der Waals surface area contributed by atoms with Gasteiger partial charge < -0.3 is 5.32 Å². The van der Waals surface area contributed by atoms with Crippen LogP contribution in [0.3, 0.4) is 0 Å². The van der Waals surface area contributed by atoms with Crippen molar-refractivity contribution in [1.82, 2.24) is 9.88 Å². The van der Waals surface area contributed by atoms with Crippen LogP contribution in [0.2, 0.25) is 5.02 Å². The maximum absolute atomic E-state index is 13.3. The fourth-order valence-electron chi connectivity index (χ4n) is 3.43. The Morgan fingerprint density at radius 2 is 1.69 bits per heavy atom. The first kappa shape index (κ1) is 21.6. The molecule has 0 saturated carbocycles. The molecule has 1 N–H and O–H groups in total. The molecule has 0 atom stereocenters.